The molecule has 0 aliphatic carbocycles. The normalized spacial score (nSPS) is 16.7. The molecule has 0 aliphatic rings. The van der Waals surface area contributed by atoms with Gasteiger partial charge < -0.3 is 9.29 Å². The van der Waals surface area contributed by atoms with Gasteiger partial charge in [-0.1, -0.05) is 0 Å². The van der Waals surface area contributed by atoms with E-state index in [-0.39, 0.29) is 0 Å². The predicted octanol–water partition coefficient (Wildman–Crippen LogP) is 3.65. The van der Waals surface area contributed by atoms with Crippen LogP contribution in [0.5, 0.6) is 0 Å². The molecule has 0 rings (SSSR count). The Morgan fingerprint density at radius 3 is 1.52 bits per heavy atom. The molecule has 0 saturated heterocycles. The van der Waals surface area contributed by atoms with E-state index in [1.54, 1.807) is 4.74 Å². The molecule has 5 nitrogen and oxygen atoms in total. The molecule has 0 aromatic rings. The van der Waals surface area contributed by atoms with Crippen LogP contribution >= 0.6 is 0 Å². The average molecular weight is 457 g/mol. The maximum atomic E-state index is 13.5. The molecule has 0 spiro atoms. The Labute approximate surface area is 139 Å². The first-order valence-electron chi connectivity index (χ1n) is 5.42. The van der Waals surface area contributed by atoms with Gasteiger partial charge in [0.1, 0.15) is 15.9 Å². The minimum atomic E-state index is -7.47. The Hall–Kier alpha value is -1.50. The van der Waals surface area contributed by atoms with Crippen LogP contribution in [0.2, 0.25) is 0 Å². The van der Waals surface area contributed by atoms with Gasteiger partial charge in [0, 0.05) is 0 Å². The fourth-order valence-electron chi connectivity index (χ4n) is 1.06. The third kappa shape index (κ3) is 5.74. The number of ether oxygens (including phenoxy) is 2. The lowest BCUT2D eigenvalue weighted by Crippen LogP contribution is -2.64. The Kier molecular flexibility index (Phi) is 6.75. The number of rotatable bonds is 8. The van der Waals surface area contributed by atoms with E-state index in [9.17, 15) is 70.0 Å². The van der Waals surface area contributed by atoms with E-state index >= 15 is 0 Å². The summed E-state index contributed by atoms with van der Waals surface area (Å²) in [6, 6.07) is -3.92. The molecular formula is C8H2F13O5S-. The van der Waals surface area contributed by atoms with E-state index < -0.39 is 58.1 Å². The van der Waals surface area contributed by atoms with E-state index in [1.165, 1.54) is 0 Å². The first-order chi connectivity index (χ1) is 11.5. The number of hydrogen-bond donors (Lipinski definition) is 0. The molecule has 0 saturated carbocycles. The van der Waals surface area contributed by atoms with Crippen LogP contribution in [0.4, 0.5) is 57.1 Å². The van der Waals surface area contributed by atoms with Gasteiger partial charge in [0.25, 0.3) is 0 Å². The Morgan fingerprint density at radius 2 is 1.22 bits per heavy atom. The van der Waals surface area contributed by atoms with Crippen LogP contribution in [0.1, 0.15) is 0 Å². The monoisotopic (exact) mass is 457 g/mol. The van der Waals surface area contributed by atoms with Crippen molar-refractivity contribution in [1.82, 2.24) is 0 Å². The quantitative estimate of drug-likeness (QED) is 0.316. The van der Waals surface area contributed by atoms with Gasteiger partial charge >= 0.3 is 42.3 Å². The van der Waals surface area contributed by atoms with Crippen molar-refractivity contribution >= 4 is 10.1 Å². The van der Waals surface area contributed by atoms with Crippen molar-refractivity contribution in [3.8, 4) is 0 Å². The molecule has 19 heteroatoms. The molecule has 0 radical (unpaired) electrons. The maximum Gasteiger partial charge on any atom is 0.471 e. The van der Waals surface area contributed by atoms with Crippen LogP contribution in [-0.4, -0.2) is 48.9 Å². The van der Waals surface area contributed by atoms with E-state index in [0.29, 0.717) is 0 Å². The fraction of sp³-hybridized carbons (Fsp3) is 0.750. The molecule has 0 heterocycles. The molecule has 0 fully saturated rings. The maximum absolute atomic E-state index is 13.5. The highest BCUT2D eigenvalue weighted by molar-refractivity contribution is 7.85. The Bertz CT molecular complexity index is 679. The van der Waals surface area contributed by atoms with Gasteiger partial charge in [-0.05, 0) is 0 Å². The molecule has 0 bridgehead atoms. The van der Waals surface area contributed by atoms with Gasteiger partial charge in [0.2, 0.25) is 0 Å². The fourth-order valence-corrected chi connectivity index (χ4v) is 1.67. The zero-order valence-corrected chi connectivity index (χ0v) is 12.4. The van der Waals surface area contributed by atoms with Crippen LogP contribution in [0, 0.1) is 0 Å². The molecule has 1 atom stereocenters. The highest BCUT2D eigenvalue weighted by atomic mass is 32.2. The first kappa shape index (κ1) is 25.5. The molecule has 0 aliphatic heterocycles. The van der Waals surface area contributed by atoms with Crippen molar-refractivity contribution in [1.29, 1.82) is 0 Å². The smallest absolute Gasteiger partial charge is 0.471 e. The Morgan fingerprint density at radius 1 is 0.815 bits per heavy atom. The third-order valence-electron chi connectivity index (χ3n) is 2.16. The molecule has 0 aromatic heterocycles. The van der Waals surface area contributed by atoms with Gasteiger partial charge in [0.05, 0.1) is 0 Å². The minimum Gasteiger partial charge on any atom is -0.748 e. The molecule has 27 heavy (non-hydrogen) atoms. The lowest BCUT2D eigenvalue weighted by atomic mass is 10.2. The number of hydrogen-bond acceptors (Lipinski definition) is 5. The summed E-state index contributed by atoms with van der Waals surface area (Å²) in [5.74, 6) is -17.5. The zero-order chi connectivity index (χ0) is 22.3. The van der Waals surface area contributed by atoms with Crippen LogP contribution in [0.15, 0.2) is 12.1 Å². The molecule has 1 unspecified atom stereocenters. The van der Waals surface area contributed by atoms with Crippen molar-refractivity contribution in [3.05, 3.63) is 12.1 Å². The second-order valence-electron chi connectivity index (χ2n) is 4.27. The highest BCUT2D eigenvalue weighted by Gasteiger charge is 2.81. The second kappa shape index (κ2) is 7.15. The second-order valence-corrected chi connectivity index (χ2v) is 5.68. The standard InChI is InChI=1S/C8H3F13O5S/c9-2(10)3(11)25-8(20,21)5(14,6(15,16)17)26-7(18,19)4(12,13)1-27(22,23)24/h1H2,(H,22,23,24)/p-1. The summed E-state index contributed by atoms with van der Waals surface area (Å²) in [5, 5.41) is 0. The zero-order valence-electron chi connectivity index (χ0n) is 11.6. The van der Waals surface area contributed by atoms with Gasteiger partial charge in [-0.25, -0.2) is 8.42 Å². The lowest BCUT2D eigenvalue weighted by Gasteiger charge is -2.37. The summed E-state index contributed by atoms with van der Waals surface area (Å²) in [5.41, 5.74) is 0. The minimum absolute atomic E-state index is 1.66. The summed E-state index contributed by atoms with van der Waals surface area (Å²) in [6.45, 7) is 0. The first-order valence-corrected chi connectivity index (χ1v) is 6.99. The van der Waals surface area contributed by atoms with Crippen LogP contribution in [0.3, 0.4) is 0 Å². The van der Waals surface area contributed by atoms with Crippen molar-refractivity contribution in [2.45, 2.75) is 30.2 Å². The van der Waals surface area contributed by atoms with Crippen LogP contribution in [-0.2, 0) is 19.6 Å². The largest absolute Gasteiger partial charge is 0.748 e. The van der Waals surface area contributed by atoms with Gasteiger partial charge in [-0.2, -0.15) is 57.1 Å². The Balaban J connectivity index is 6.23. The van der Waals surface area contributed by atoms with E-state index in [4.69, 9.17) is 0 Å². The molecule has 0 amide bonds. The summed E-state index contributed by atoms with van der Waals surface area (Å²) in [7, 11) is -6.37. The molecule has 162 valence electrons. The summed E-state index contributed by atoms with van der Waals surface area (Å²) in [6.07, 6.45) is -25.7. The highest BCUT2D eigenvalue weighted by Crippen LogP contribution is 2.52. The van der Waals surface area contributed by atoms with Crippen molar-refractivity contribution in [2.75, 3.05) is 5.75 Å². The third-order valence-corrected chi connectivity index (χ3v) is 2.87. The van der Waals surface area contributed by atoms with Gasteiger partial charge in [-0.15, -0.1) is 0 Å². The van der Waals surface area contributed by atoms with Gasteiger partial charge in [0.15, 0.2) is 0 Å². The van der Waals surface area contributed by atoms with E-state index in [1.807, 2.05) is 4.74 Å². The van der Waals surface area contributed by atoms with Gasteiger partial charge in [-0.3, -0.25) is 4.74 Å². The number of halogens is 13. The topological polar surface area (TPSA) is 75.7 Å². The van der Waals surface area contributed by atoms with Crippen LogP contribution < -0.4 is 0 Å². The SMILES string of the molecule is O=S(=O)([O-])CC(F)(F)C(F)(F)OC(F)(C(F)(F)F)C(F)(F)OC(F)=C(F)F. The molecular weight excluding hydrogens is 455 g/mol. The number of alkyl halides is 10. The molecule has 0 aromatic carbocycles. The van der Waals surface area contributed by atoms with Crippen molar-refractivity contribution in [3.63, 3.8) is 0 Å². The lowest BCUT2D eigenvalue weighted by molar-refractivity contribution is -0.515. The summed E-state index contributed by atoms with van der Waals surface area (Å²) in [4.78, 5) is 0. The van der Waals surface area contributed by atoms with Crippen molar-refractivity contribution < 1.29 is 79.5 Å². The van der Waals surface area contributed by atoms with E-state index in [2.05, 4.69) is 0 Å². The van der Waals surface area contributed by atoms with Crippen molar-refractivity contribution in [2.24, 2.45) is 0 Å². The van der Waals surface area contributed by atoms with E-state index in [0.717, 1.165) is 0 Å². The molecule has 0 N–H and O–H groups in total. The summed E-state index contributed by atoms with van der Waals surface area (Å²) >= 11 is 0. The average Bonchev–Trinajstić information content (AvgIpc) is 2.32. The summed E-state index contributed by atoms with van der Waals surface area (Å²) < 4.78 is 198. The van der Waals surface area contributed by atoms with Crippen LogP contribution in [0.25, 0.3) is 0 Å². The predicted molar refractivity (Wildman–Crippen MR) is 51.8 cm³/mol.